The number of amides is 1. The van der Waals surface area contributed by atoms with Crippen molar-refractivity contribution in [3.05, 3.63) is 29.8 Å². The van der Waals surface area contributed by atoms with Gasteiger partial charge in [-0.05, 0) is 49.4 Å². The lowest BCUT2D eigenvalue weighted by molar-refractivity contribution is -0.135. The fourth-order valence-electron chi connectivity index (χ4n) is 4.76. The van der Waals surface area contributed by atoms with Gasteiger partial charge in [-0.25, -0.2) is 18.9 Å². The third kappa shape index (κ3) is 5.58. The quantitative estimate of drug-likeness (QED) is 0.267. The molecule has 1 saturated carbocycles. The molecule has 1 radical (unpaired) electrons. The second kappa shape index (κ2) is 9.96. The molecule has 5 atom stereocenters. The Bertz CT molecular complexity index is 1080. The second-order valence-corrected chi connectivity index (χ2v) is 12.3. The molecule has 0 bridgehead atoms. The molecule has 1 heterocycles. The van der Waals surface area contributed by atoms with Crippen LogP contribution in [0.3, 0.4) is 0 Å². The third-order valence-corrected chi connectivity index (χ3v) is 8.63. The van der Waals surface area contributed by atoms with E-state index in [0.717, 1.165) is 31.2 Å². The van der Waals surface area contributed by atoms with Crippen LogP contribution in [0.4, 0.5) is 0 Å². The number of hydrogen-bond donors (Lipinski definition) is 3. The predicted octanol–water partition coefficient (Wildman–Crippen LogP) is 0.643. The molecule has 1 saturated heterocycles. The second-order valence-electron chi connectivity index (χ2n) is 10.6. The molecule has 3 rings (SSSR count). The number of nitrogens with zero attached hydrogens (tertiary/aromatic N) is 2. The van der Waals surface area contributed by atoms with Gasteiger partial charge < -0.3 is 16.1 Å². The van der Waals surface area contributed by atoms with Crippen LogP contribution in [0, 0.1) is 11.8 Å². The highest BCUT2D eigenvalue weighted by molar-refractivity contribution is 7.89. The van der Waals surface area contributed by atoms with Crippen molar-refractivity contribution in [2.24, 2.45) is 22.8 Å². The van der Waals surface area contributed by atoms with Crippen molar-refractivity contribution in [1.29, 1.82) is 0 Å². The number of likely N-dealkylation sites (N-methyl/N-ethyl adjacent to an activating group) is 1. The molecule has 10 nitrogen and oxygen atoms in total. The number of Topliss-reactive ketones (excluding diaryl/α,β-unsaturated/α-hetero) is 1. The number of benzene rings is 1. The van der Waals surface area contributed by atoms with E-state index < -0.39 is 39.2 Å². The van der Waals surface area contributed by atoms with E-state index in [-0.39, 0.29) is 22.3 Å². The van der Waals surface area contributed by atoms with E-state index in [1.165, 1.54) is 19.1 Å². The van der Waals surface area contributed by atoms with Gasteiger partial charge in [0.2, 0.25) is 15.9 Å². The smallest absolute Gasteiger partial charge is 0.241 e. The van der Waals surface area contributed by atoms with Crippen molar-refractivity contribution in [2.45, 2.75) is 68.5 Å². The summed E-state index contributed by atoms with van der Waals surface area (Å²) in [4.78, 5) is 28.1. The minimum atomic E-state index is -3.99. The molecule has 0 aromatic heterocycles. The van der Waals surface area contributed by atoms with Gasteiger partial charge in [-0.3, -0.25) is 9.59 Å². The summed E-state index contributed by atoms with van der Waals surface area (Å²) in [5.74, 6) is 2.41. The SMILES string of the molecule is C[C@H](NS(=O)(=O)c1ccc(C(C)(C)C)cc1)C(=O)C1[C@H](C(=O)N(C)C2CCCNC2)C1([NH])C=NN. The monoisotopic (exact) mass is 505 g/mol. The summed E-state index contributed by atoms with van der Waals surface area (Å²) in [6.07, 6.45) is 2.87. The van der Waals surface area contributed by atoms with Gasteiger partial charge in [-0.1, -0.05) is 32.9 Å². The van der Waals surface area contributed by atoms with Crippen LogP contribution in [0.25, 0.3) is 0 Å². The van der Waals surface area contributed by atoms with Gasteiger partial charge in [0.15, 0.2) is 5.78 Å². The number of carbonyl (C=O) groups excluding carboxylic acids is 2. The number of nitrogens with two attached hydrogens (primary N) is 1. The Hall–Kier alpha value is -2.34. The molecule has 5 N–H and O–H groups in total. The van der Waals surface area contributed by atoms with Gasteiger partial charge in [0.1, 0.15) is 0 Å². The highest BCUT2D eigenvalue weighted by Crippen LogP contribution is 2.51. The molecule has 1 aromatic rings. The summed E-state index contributed by atoms with van der Waals surface area (Å²) in [5, 5.41) is 6.68. The van der Waals surface area contributed by atoms with Crippen LogP contribution < -0.4 is 21.6 Å². The van der Waals surface area contributed by atoms with Gasteiger partial charge in [-0.15, -0.1) is 0 Å². The maximum atomic E-state index is 13.3. The molecule has 11 heteroatoms. The van der Waals surface area contributed by atoms with Crippen LogP contribution >= 0.6 is 0 Å². The van der Waals surface area contributed by atoms with Crippen molar-refractivity contribution in [1.82, 2.24) is 20.7 Å². The number of carbonyl (C=O) groups is 2. The van der Waals surface area contributed by atoms with E-state index in [1.54, 1.807) is 24.1 Å². The number of hydrazone groups is 1. The van der Waals surface area contributed by atoms with Crippen LogP contribution in [0.15, 0.2) is 34.3 Å². The van der Waals surface area contributed by atoms with Gasteiger partial charge >= 0.3 is 0 Å². The molecule has 1 aliphatic carbocycles. The van der Waals surface area contributed by atoms with E-state index >= 15 is 0 Å². The molecule has 0 spiro atoms. The Kier molecular flexibility index (Phi) is 7.76. The van der Waals surface area contributed by atoms with Crippen molar-refractivity contribution in [2.75, 3.05) is 20.1 Å². The van der Waals surface area contributed by atoms with Crippen LogP contribution in [-0.4, -0.2) is 69.0 Å². The van der Waals surface area contributed by atoms with Gasteiger partial charge in [0.05, 0.1) is 28.3 Å². The van der Waals surface area contributed by atoms with Crippen LogP contribution in [-0.2, 0) is 25.0 Å². The number of nitrogens with one attached hydrogen (secondary N) is 3. The van der Waals surface area contributed by atoms with Gasteiger partial charge in [-0.2, -0.15) is 5.10 Å². The fraction of sp³-hybridized carbons (Fsp3) is 0.625. The molecule has 193 valence electrons. The summed E-state index contributed by atoms with van der Waals surface area (Å²) in [7, 11) is -2.31. The standard InChI is InChI=1S/C24H37N6O4S/c1-15(29-35(33,34)18-10-8-16(9-11-18)23(2,3)4)21(31)19-20(24(19,25)14-28-26)22(32)30(5)17-7-6-12-27-13-17/h8-11,14-15,17,19-20,25,27,29H,6-7,12-13,26H2,1-5H3/t15-,17?,19?,20+,24?/m0/s1. The maximum absolute atomic E-state index is 13.3. The number of hydrogen-bond acceptors (Lipinski definition) is 7. The summed E-state index contributed by atoms with van der Waals surface area (Å²) >= 11 is 0. The number of sulfonamides is 1. The molecule has 2 fully saturated rings. The molecule has 35 heavy (non-hydrogen) atoms. The molecule has 2 aliphatic rings. The Morgan fingerprint density at radius 2 is 1.91 bits per heavy atom. The average molecular weight is 506 g/mol. The summed E-state index contributed by atoms with van der Waals surface area (Å²) in [6, 6.07) is 5.35. The lowest BCUT2D eigenvalue weighted by Gasteiger charge is -2.32. The van der Waals surface area contributed by atoms with Crippen LogP contribution in [0.2, 0.25) is 0 Å². The van der Waals surface area contributed by atoms with Gasteiger partial charge in [0.25, 0.3) is 0 Å². The lowest BCUT2D eigenvalue weighted by Crippen LogP contribution is -2.48. The summed E-state index contributed by atoms with van der Waals surface area (Å²) in [6.45, 7) is 9.06. The first kappa shape index (κ1) is 27.3. The number of ketones is 1. The molecular weight excluding hydrogens is 468 g/mol. The first-order valence-corrected chi connectivity index (χ1v) is 13.4. The minimum Gasteiger partial charge on any atom is -0.341 e. The molecule has 1 aromatic carbocycles. The van der Waals surface area contributed by atoms with E-state index in [2.05, 4.69) is 15.1 Å². The molecule has 1 amide bonds. The largest absolute Gasteiger partial charge is 0.341 e. The Morgan fingerprint density at radius 3 is 2.43 bits per heavy atom. The summed E-state index contributed by atoms with van der Waals surface area (Å²) in [5.41, 5.74) is 7.96. The molecule has 3 unspecified atom stereocenters. The predicted molar refractivity (Wildman–Crippen MR) is 134 cm³/mol. The average Bonchev–Trinajstić information content (AvgIpc) is 3.41. The third-order valence-electron chi connectivity index (χ3n) is 7.07. The topological polar surface area (TPSA) is 158 Å². The first-order chi connectivity index (χ1) is 16.2. The molecular formula is C24H37N6O4S. The number of piperidine rings is 1. The number of rotatable bonds is 8. The normalized spacial score (nSPS) is 28.0. The van der Waals surface area contributed by atoms with Crippen LogP contribution in [0.1, 0.15) is 46.1 Å². The van der Waals surface area contributed by atoms with E-state index in [9.17, 15) is 18.0 Å². The highest BCUT2D eigenvalue weighted by Gasteiger charge is 2.70. The van der Waals surface area contributed by atoms with Crippen molar-refractivity contribution in [3.63, 3.8) is 0 Å². The molecule has 1 aliphatic heterocycles. The Morgan fingerprint density at radius 1 is 1.29 bits per heavy atom. The lowest BCUT2D eigenvalue weighted by atomic mass is 9.87. The Labute approximate surface area is 207 Å². The van der Waals surface area contributed by atoms with E-state index in [4.69, 9.17) is 11.6 Å². The van der Waals surface area contributed by atoms with E-state index in [0.29, 0.717) is 6.54 Å². The highest BCUT2D eigenvalue weighted by atomic mass is 32.2. The fourth-order valence-corrected chi connectivity index (χ4v) is 5.98. The zero-order chi connectivity index (χ0) is 26.2. The Balaban J connectivity index is 1.75. The van der Waals surface area contributed by atoms with Crippen molar-refractivity contribution >= 4 is 27.9 Å². The van der Waals surface area contributed by atoms with Crippen LogP contribution in [0.5, 0.6) is 0 Å². The van der Waals surface area contributed by atoms with Crippen molar-refractivity contribution in [3.8, 4) is 0 Å². The zero-order valence-electron chi connectivity index (χ0n) is 21.0. The van der Waals surface area contributed by atoms with Gasteiger partial charge in [0, 0.05) is 25.8 Å². The van der Waals surface area contributed by atoms with E-state index in [1.807, 2.05) is 20.8 Å². The minimum absolute atomic E-state index is 0.0290. The zero-order valence-corrected chi connectivity index (χ0v) is 21.9. The summed E-state index contributed by atoms with van der Waals surface area (Å²) < 4.78 is 28.3. The first-order valence-electron chi connectivity index (χ1n) is 11.9. The van der Waals surface area contributed by atoms with Crippen molar-refractivity contribution < 1.29 is 18.0 Å². The maximum Gasteiger partial charge on any atom is 0.241 e.